The van der Waals surface area contributed by atoms with Crippen LogP contribution in [-0.4, -0.2) is 111 Å². The molecule has 12 nitrogen and oxygen atoms in total. The van der Waals surface area contributed by atoms with Crippen LogP contribution in [-0.2, 0) is 41.5 Å². The Morgan fingerprint density at radius 1 is 0.719 bits per heavy atom. The van der Waals surface area contributed by atoms with Crippen LogP contribution in [0.15, 0.2) is 40.9 Å². The number of carbonyl (C=O) groups is 4. The molecule has 316 valence electrons. The quantitative estimate of drug-likeness (QED) is 0.282. The average molecular weight is 858 g/mol. The predicted molar refractivity (Wildman–Crippen MR) is 228 cm³/mol. The highest BCUT2D eigenvalue weighted by molar-refractivity contribution is 9.10. The van der Waals surface area contributed by atoms with Gasteiger partial charge in [0.2, 0.25) is 11.8 Å². The van der Waals surface area contributed by atoms with Crippen molar-refractivity contribution in [3.05, 3.63) is 63.1 Å². The summed E-state index contributed by atoms with van der Waals surface area (Å²) < 4.78 is 24.2. The Balaban J connectivity index is 0.000000312. The topological polar surface area (TPSA) is 118 Å². The highest BCUT2D eigenvalue weighted by Gasteiger charge is 2.51. The Bertz CT molecular complexity index is 1770. The van der Waals surface area contributed by atoms with Crippen molar-refractivity contribution in [1.29, 1.82) is 0 Å². The van der Waals surface area contributed by atoms with Gasteiger partial charge in [-0.1, -0.05) is 47.6 Å². The third kappa shape index (κ3) is 12.0. The molecule has 0 aromatic heterocycles. The van der Waals surface area contributed by atoms with Gasteiger partial charge in [-0.3, -0.25) is 19.4 Å². The summed E-state index contributed by atoms with van der Waals surface area (Å²) in [5, 5.41) is 0. The average Bonchev–Trinajstić information content (AvgIpc) is 3.28. The second-order valence-electron chi connectivity index (χ2n) is 18.1. The zero-order valence-electron chi connectivity index (χ0n) is 35.9. The Kier molecular flexibility index (Phi) is 15.2. The molecule has 0 N–H and O–H groups in total. The van der Waals surface area contributed by atoms with E-state index in [9.17, 15) is 19.2 Å². The first-order valence-corrected chi connectivity index (χ1v) is 20.3. The second-order valence-corrected chi connectivity index (χ2v) is 19.0. The molecule has 2 atom stereocenters. The van der Waals surface area contributed by atoms with E-state index >= 15 is 0 Å². The summed E-state index contributed by atoms with van der Waals surface area (Å²) in [5.41, 5.74) is 3.44. The minimum Gasteiger partial charge on any atom is -0.444 e. The van der Waals surface area contributed by atoms with Crippen molar-refractivity contribution in [3.8, 4) is 0 Å². The number of nitrogens with zero attached hydrogens (tertiary/aromatic N) is 4. The highest BCUT2D eigenvalue weighted by atomic mass is 79.9. The van der Waals surface area contributed by atoms with Gasteiger partial charge < -0.3 is 28.6 Å². The van der Waals surface area contributed by atoms with Gasteiger partial charge in [-0.15, -0.1) is 0 Å². The van der Waals surface area contributed by atoms with Crippen LogP contribution in [0.5, 0.6) is 0 Å². The van der Waals surface area contributed by atoms with Crippen molar-refractivity contribution < 1.29 is 38.0 Å². The fourth-order valence-electron chi connectivity index (χ4n) is 6.58. The Hall–Kier alpha value is -3.62. The third-order valence-electron chi connectivity index (χ3n) is 10.7. The number of rotatable bonds is 5. The second kappa shape index (κ2) is 18.1. The summed E-state index contributed by atoms with van der Waals surface area (Å²) in [6.45, 7) is 29.7. The molecule has 0 aliphatic carbocycles. The molecule has 2 unspecified atom stereocenters. The maximum atomic E-state index is 13.0. The Morgan fingerprint density at radius 2 is 1.11 bits per heavy atom. The van der Waals surface area contributed by atoms with Crippen LogP contribution < -0.4 is 5.46 Å². The highest BCUT2D eigenvalue weighted by Crippen LogP contribution is 2.36. The first-order chi connectivity index (χ1) is 25.7. The maximum Gasteiger partial charge on any atom is 0.494 e. The van der Waals surface area contributed by atoms with Crippen LogP contribution >= 0.6 is 15.9 Å². The van der Waals surface area contributed by atoms with Gasteiger partial charge in [-0.25, -0.2) is 9.59 Å². The smallest absolute Gasteiger partial charge is 0.444 e. The lowest BCUT2D eigenvalue weighted by molar-refractivity contribution is -0.141. The number of hydrogen-bond acceptors (Lipinski definition) is 8. The molecule has 2 aromatic carbocycles. The molecule has 57 heavy (non-hydrogen) atoms. The Labute approximate surface area is 350 Å². The molecule has 0 spiro atoms. The van der Waals surface area contributed by atoms with Crippen molar-refractivity contribution in [2.45, 2.75) is 152 Å². The number of benzene rings is 2. The number of hydrogen-bond donors (Lipinski definition) is 0. The molecule has 0 saturated carbocycles. The zero-order chi connectivity index (χ0) is 42.1. The van der Waals surface area contributed by atoms with Gasteiger partial charge in [0, 0.05) is 43.7 Å². The van der Waals surface area contributed by atoms with Crippen molar-refractivity contribution >= 4 is 52.5 Å². The molecule has 0 radical (unpaired) electrons. The fraction of sp³-hybridized carbons (Fsp3) is 0.628. The number of piperazine rings is 2. The van der Waals surface area contributed by atoms with E-state index < -0.39 is 42.6 Å². The lowest BCUT2D eigenvalue weighted by Gasteiger charge is -2.39. The van der Waals surface area contributed by atoms with E-state index in [-0.39, 0.29) is 30.4 Å². The van der Waals surface area contributed by atoms with Gasteiger partial charge in [0.05, 0.1) is 11.2 Å². The lowest BCUT2D eigenvalue weighted by atomic mass is 9.78. The number of carbonyl (C=O) groups excluding carboxylic acids is 4. The molecule has 3 saturated heterocycles. The monoisotopic (exact) mass is 856 g/mol. The van der Waals surface area contributed by atoms with E-state index in [1.807, 2.05) is 123 Å². The van der Waals surface area contributed by atoms with Crippen LogP contribution in [0.2, 0.25) is 0 Å². The van der Waals surface area contributed by atoms with Crippen molar-refractivity contribution in [3.63, 3.8) is 0 Å². The summed E-state index contributed by atoms with van der Waals surface area (Å²) in [4.78, 5) is 57.0. The van der Waals surface area contributed by atoms with Crippen LogP contribution in [0.1, 0.15) is 113 Å². The molecule has 5 rings (SSSR count). The van der Waals surface area contributed by atoms with Crippen molar-refractivity contribution in [2.75, 3.05) is 26.2 Å². The van der Waals surface area contributed by atoms with Gasteiger partial charge in [0.15, 0.2) is 0 Å². The number of ether oxygens (including phenoxy) is 2. The van der Waals surface area contributed by atoms with Gasteiger partial charge in [0.25, 0.3) is 0 Å². The first-order valence-electron chi connectivity index (χ1n) is 19.5. The molecule has 3 fully saturated rings. The molecule has 0 bridgehead atoms. The molecule has 3 aliphatic heterocycles. The van der Waals surface area contributed by atoms with E-state index in [1.54, 1.807) is 13.8 Å². The normalized spacial score (nSPS) is 20.8. The summed E-state index contributed by atoms with van der Waals surface area (Å²) in [5.74, 6) is -0.119. The van der Waals surface area contributed by atoms with Crippen LogP contribution in [0.25, 0.3) is 0 Å². The zero-order valence-corrected chi connectivity index (χ0v) is 37.5. The Morgan fingerprint density at radius 3 is 1.47 bits per heavy atom. The molecular formula is C43H66BBrN4O8. The SMILES string of the molecule is C.Cc1cc(B2OC(C)(C)C(C)(C)O2)ccc1CN1CCN(C(=O)OC(C)(C)C)C(C)C1=O.Cc1cc(Br)ccc1CN1CCN(C(=O)OC(C)(C)C)C(C)C1=O. The molecule has 3 aliphatic rings. The molecule has 3 heterocycles. The predicted octanol–water partition coefficient (Wildman–Crippen LogP) is 7.62. The van der Waals surface area contributed by atoms with Gasteiger partial charge >= 0.3 is 19.3 Å². The first kappa shape index (κ1) is 47.8. The fourth-order valence-corrected chi connectivity index (χ4v) is 7.06. The van der Waals surface area contributed by atoms with E-state index in [4.69, 9.17) is 18.8 Å². The molecular weight excluding hydrogens is 791 g/mol. The van der Waals surface area contributed by atoms with E-state index in [0.29, 0.717) is 39.3 Å². The van der Waals surface area contributed by atoms with Gasteiger partial charge in [-0.2, -0.15) is 0 Å². The minimum atomic E-state index is -0.590. The summed E-state index contributed by atoms with van der Waals surface area (Å²) in [6.07, 6.45) is -0.872. The van der Waals surface area contributed by atoms with Crippen LogP contribution in [0.3, 0.4) is 0 Å². The molecule has 2 aromatic rings. The summed E-state index contributed by atoms with van der Waals surface area (Å²) in [7, 11) is -0.410. The van der Waals surface area contributed by atoms with Crippen molar-refractivity contribution in [2.24, 2.45) is 0 Å². The van der Waals surface area contributed by atoms with Crippen molar-refractivity contribution in [1.82, 2.24) is 19.6 Å². The third-order valence-corrected chi connectivity index (χ3v) is 11.2. The minimum absolute atomic E-state index is 0. The summed E-state index contributed by atoms with van der Waals surface area (Å²) in [6, 6.07) is 11.1. The van der Waals surface area contributed by atoms with Crippen LogP contribution in [0, 0.1) is 13.8 Å². The number of aryl methyl sites for hydroxylation is 2. The molecule has 14 heteroatoms. The number of halogens is 1. The molecule has 4 amide bonds. The largest absolute Gasteiger partial charge is 0.494 e. The van der Waals surface area contributed by atoms with E-state index in [0.717, 1.165) is 32.2 Å². The van der Waals surface area contributed by atoms with E-state index in [2.05, 4.69) is 22.0 Å². The maximum absolute atomic E-state index is 13.0. The lowest BCUT2D eigenvalue weighted by Crippen LogP contribution is -2.57. The van der Waals surface area contributed by atoms with Crippen LogP contribution in [0.4, 0.5) is 9.59 Å². The standard InChI is InChI=1S/C24H37BN2O5.C18H25BrN2O3.CH4/c1-16-14-19(25-31-23(6,7)24(8,9)32-25)11-10-18(16)15-26-12-13-27(17(2)20(26)28)21(29)30-22(3,4)5;1-12-10-15(19)7-6-14(12)11-20-8-9-21(13(2)16(20)22)17(23)24-18(3,4)5;/h10-11,14,17H,12-13,15H2,1-9H3;6-7,10,13H,8-9,11H2,1-5H3;1H4. The van der Waals surface area contributed by atoms with E-state index in [1.165, 1.54) is 9.80 Å². The number of amides is 4. The van der Waals surface area contributed by atoms with Gasteiger partial charge in [0.1, 0.15) is 23.3 Å². The summed E-state index contributed by atoms with van der Waals surface area (Å²) >= 11 is 3.45. The van der Waals surface area contributed by atoms with Gasteiger partial charge in [-0.05, 0) is 137 Å².